The Hall–Kier alpha value is -1.52. The van der Waals surface area contributed by atoms with Crippen molar-refractivity contribution in [1.29, 1.82) is 0 Å². The summed E-state index contributed by atoms with van der Waals surface area (Å²) in [6.07, 6.45) is 2.62. The van der Waals surface area contributed by atoms with Gasteiger partial charge in [0.15, 0.2) is 0 Å². The van der Waals surface area contributed by atoms with E-state index in [0.29, 0.717) is 13.0 Å². The molecule has 5 nitrogen and oxygen atoms in total. The van der Waals surface area contributed by atoms with Crippen LogP contribution in [-0.2, 0) is 11.3 Å². The van der Waals surface area contributed by atoms with Crippen molar-refractivity contribution in [2.45, 2.75) is 39.7 Å². The Morgan fingerprint density at radius 1 is 1.29 bits per heavy atom. The number of nitrogens with zero attached hydrogens (tertiary/aromatic N) is 2. The van der Waals surface area contributed by atoms with E-state index in [1.807, 2.05) is 18.7 Å². The quantitative estimate of drug-likeness (QED) is 0.845. The predicted octanol–water partition coefficient (Wildman–Crippen LogP) is 0.806. The Morgan fingerprint density at radius 2 is 1.94 bits per heavy atom. The van der Waals surface area contributed by atoms with Crippen molar-refractivity contribution in [2.24, 2.45) is 0 Å². The minimum Gasteiger partial charge on any atom is -0.343 e. The van der Waals surface area contributed by atoms with E-state index < -0.39 is 0 Å². The summed E-state index contributed by atoms with van der Waals surface area (Å²) in [5, 5.41) is 0. The van der Waals surface area contributed by atoms with Crippen molar-refractivity contribution in [3.8, 4) is 0 Å². The van der Waals surface area contributed by atoms with Crippen molar-refractivity contribution in [3.05, 3.63) is 21.9 Å². The topological polar surface area (TPSA) is 58.1 Å². The highest BCUT2D eigenvalue weighted by atomic mass is 16.2. The fourth-order valence-electron chi connectivity index (χ4n) is 2.27. The first kappa shape index (κ1) is 12.0. The minimum atomic E-state index is -0.116. The molecule has 1 saturated heterocycles. The maximum absolute atomic E-state index is 11.8. The van der Waals surface area contributed by atoms with Gasteiger partial charge in [-0.1, -0.05) is 0 Å². The number of imidazole rings is 1. The Labute approximate surface area is 100 Å². The lowest BCUT2D eigenvalue weighted by Crippen LogP contribution is -2.29. The first-order chi connectivity index (χ1) is 8.09. The first-order valence-electron chi connectivity index (χ1n) is 6.13. The predicted molar refractivity (Wildman–Crippen MR) is 65.0 cm³/mol. The van der Waals surface area contributed by atoms with Crippen molar-refractivity contribution >= 4 is 5.91 Å². The van der Waals surface area contributed by atoms with E-state index >= 15 is 0 Å². The molecule has 0 spiro atoms. The molecule has 94 valence electrons. The number of nitrogens with one attached hydrogen (secondary N) is 1. The molecule has 1 fully saturated rings. The smallest absolute Gasteiger partial charge is 0.325 e. The van der Waals surface area contributed by atoms with Gasteiger partial charge in [-0.05, 0) is 26.7 Å². The highest BCUT2D eigenvalue weighted by molar-refractivity contribution is 5.76. The van der Waals surface area contributed by atoms with Gasteiger partial charge in [0.2, 0.25) is 5.91 Å². The van der Waals surface area contributed by atoms with Gasteiger partial charge in [-0.25, -0.2) is 4.79 Å². The summed E-state index contributed by atoms with van der Waals surface area (Å²) < 4.78 is 1.64. The summed E-state index contributed by atoms with van der Waals surface area (Å²) in [6, 6.07) is 0. The average Bonchev–Trinajstić information content (AvgIpc) is 2.88. The molecule has 5 heteroatoms. The molecule has 17 heavy (non-hydrogen) atoms. The second-order valence-electron chi connectivity index (χ2n) is 4.63. The highest BCUT2D eigenvalue weighted by Gasteiger charge is 2.18. The Kier molecular flexibility index (Phi) is 3.36. The summed E-state index contributed by atoms with van der Waals surface area (Å²) in [4.78, 5) is 28.1. The van der Waals surface area contributed by atoms with Gasteiger partial charge < -0.3 is 9.88 Å². The third kappa shape index (κ3) is 2.43. The second-order valence-corrected chi connectivity index (χ2v) is 4.63. The first-order valence-corrected chi connectivity index (χ1v) is 6.13. The Bertz CT molecular complexity index is 467. The number of H-pyrrole nitrogens is 1. The molecule has 1 aromatic rings. The number of hydrogen-bond acceptors (Lipinski definition) is 2. The van der Waals surface area contributed by atoms with Crippen molar-refractivity contribution < 1.29 is 4.79 Å². The number of hydrogen-bond donors (Lipinski definition) is 1. The summed E-state index contributed by atoms with van der Waals surface area (Å²) in [7, 11) is 0. The molecule has 1 aromatic heterocycles. The summed E-state index contributed by atoms with van der Waals surface area (Å²) in [6.45, 7) is 5.99. The summed E-state index contributed by atoms with van der Waals surface area (Å²) >= 11 is 0. The lowest BCUT2D eigenvalue weighted by molar-refractivity contribution is -0.130. The van der Waals surface area contributed by atoms with Crippen LogP contribution in [0.2, 0.25) is 0 Å². The summed E-state index contributed by atoms with van der Waals surface area (Å²) in [5.74, 6) is 0.160. The fraction of sp³-hybridized carbons (Fsp3) is 0.667. The second kappa shape index (κ2) is 4.77. The van der Waals surface area contributed by atoms with Crippen LogP contribution in [0.3, 0.4) is 0 Å². The zero-order valence-electron chi connectivity index (χ0n) is 10.5. The number of carbonyl (C=O) groups is 1. The number of rotatable bonds is 3. The van der Waals surface area contributed by atoms with E-state index in [4.69, 9.17) is 0 Å². The lowest BCUT2D eigenvalue weighted by atomic mass is 10.3. The van der Waals surface area contributed by atoms with E-state index in [2.05, 4.69) is 4.98 Å². The zero-order chi connectivity index (χ0) is 12.4. The highest BCUT2D eigenvalue weighted by Crippen LogP contribution is 2.09. The van der Waals surface area contributed by atoms with E-state index in [0.717, 1.165) is 37.3 Å². The van der Waals surface area contributed by atoms with Crippen LogP contribution in [0.4, 0.5) is 0 Å². The van der Waals surface area contributed by atoms with Gasteiger partial charge in [0.1, 0.15) is 0 Å². The number of aromatic nitrogens is 2. The lowest BCUT2D eigenvalue weighted by Gasteiger charge is -2.15. The van der Waals surface area contributed by atoms with E-state index in [-0.39, 0.29) is 11.6 Å². The van der Waals surface area contributed by atoms with E-state index in [9.17, 15) is 9.59 Å². The van der Waals surface area contributed by atoms with E-state index in [1.165, 1.54) is 0 Å². The molecule has 1 N–H and O–H groups in total. The molecule has 1 aliphatic heterocycles. The molecule has 0 aromatic carbocycles. The molecule has 1 aliphatic rings. The molecule has 1 amide bonds. The van der Waals surface area contributed by atoms with Crippen LogP contribution in [-0.4, -0.2) is 33.4 Å². The molecular formula is C12H19N3O2. The molecule has 2 heterocycles. The normalized spacial score (nSPS) is 15.5. The number of aromatic amines is 1. The van der Waals surface area contributed by atoms with Gasteiger partial charge in [-0.3, -0.25) is 9.36 Å². The molecule has 0 saturated carbocycles. The molecule has 0 atom stereocenters. The van der Waals surface area contributed by atoms with Crippen molar-refractivity contribution in [3.63, 3.8) is 0 Å². The van der Waals surface area contributed by atoms with Gasteiger partial charge in [0.05, 0.1) is 0 Å². The summed E-state index contributed by atoms with van der Waals surface area (Å²) in [5.41, 5.74) is 1.68. The van der Waals surface area contributed by atoms with Crippen LogP contribution in [0.15, 0.2) is 4.79 Å². The van der Waals surface area contributed by atoms with Crippen molar-refractivity contribution in [1.82, 2.24) is 14.5 Å². The third-order valence-corrected chi connectivity index (χ3v) is 3.50. The number of carbonyl (C=O) groups excluding carboxylic acids is 1. The van der Waals surface area contributed by atoms with E-state index in [1.54, 1.807) is 4.57 Å². The third-order valence-electron chi connectivity index (χ3n) is 3.50. The van der Waals surface area contributed by atoms with Crippen LogP contribution in [0.25, 0.3) is 0 Å². The van der Waals surface area contributed by atoms with Gasteiger partial charge in [-0.2, -0.15) is 0 Å². The molecular weight excluding hydrogens is 218 g/mol. The Balaban J connectivity index is 1.97. The number of likely N-dealkylation sites (tertiary alicyclic amines) is 1. The number of amides is 1. The maximum Gasteiger partial charge on any atom is 0.325 e. The molecule has 2 rings (SSSR count). The zero-order valence-corrected chi connectivity index (χ0v) is 10.5. The van der Waals surface area contributed by atoms with Crippen LogP contribution < -0.4 is 5.69 Å². The standard InChI is InChI=1S/C12H19N3O2/c1-9-10(2)15(12(17)13-9)8-5-11(16)14-6-3-4-7-14/h3-8H2,1-2H3,(H,13,17). The largest absolute Gasteiger partial charge is 0.343 e. The van der Waals surface area contributed by atoms with Crippen LogP contribution in [0.5, 0.6) is 0 Å². The average molecular weight is 237 g/mol. The minimum absolute atomic E-state index is 0.116. The fourth-order valence-corrected chi connectivity index (χ4v) is 2.27. The van der Waals surface area contributed by atoms with Gasteiger partial charge in [0, 0.05) is 37.4 Å². The van der Waals surface area contributed by atoms with Gasteiger partial charge in [0.25, 0.3) is 0 Å². The molecule has 0 unspecified atom stereocenters. The molecule has 0 aliphatic carbocycles. The monoisotopic (exact) mass is 237 g/mol. The Morgan fingerprint density at radius 3 is 2.47 bits per heavy atom. The molecule has 0 bridgehead atoms. The van der Waals surface area contributed by atoms with Crippen LogP contribution in [0.1, 0.15) is 30.7 Å². The SMILES string of the molecule is Cc1[nH]c(=O)n(CCC(=O)N2CCCC2)c1C. The van der Waals surface area contributed by atoms with Crippen LogP contribution in [0, 0.1) is 13.8 Å². The van der Waals surface area contributed by atoms with Gasteiger partial charge in [-0.15, -0.1) is 0 Å². The maximum atomic E-state index is 11.8. The van der Waals surface area contributed by atoms with Gasteiger partial charge >= 0.3 is 5.69 Å². The molecule has 0 radical (unpaired) electrons. The van der Waals surface area contributed by atoms with Crippen molar-refractivity contribution in [2.75, 3.05) is 13.1 Å². The van der Waals surface area contributed by atoms with Crippen LogP contribution >= 0.6 is 0 Å². The number of aryl methyl sites for hydroxylation is 1.